The van der Waals surface area contributed by atoms with E-state index in [4.69, 9.17) is 4.74 Å². The number of nitro groups is 1. The Kier molecular flexibility index (Phi) is 5.03. The van der Waals surface area contributed by atoms with Crippen LogP contribution in [0.15, 0.2) is 36.4 Å². The van der Waals surface area contributed by atoms with Gasteiger partial charge >= 0.3 is 5.97 Å². The predicted octanol–water partition coefficient (Wildman–Crippen LogP) is 6.61. The normalized spacial score (nSPS) is 40.3. The van der Waals surface area contributed by atoms with E-state index in [9.17, 15) is 14.9 Å². The standard InChI is InChI=1S/C27H35NO4/c1-18-15-27-14-11-22-25(2,23(27)10-7-20(18)16-27)12-4-13-26(22,3)24(29)32-17-19-5-8-21(9-6-19)28(30)31/h5-6,8-9,20,22-23H,1,4,7,10-17H2,2-3H3/t20-,22+,23+,25-,26-,27-/m1/s1. The van der Waals surface area contributed by atoms with E-state index in [1.165, 1.54) is 56.2 Å². The molecule has 4 aliphatic carbocycles. The quantitative estimate of drug-likeness (QED) is 0.230. The number of benzene rings is 1. The number of fused-ring (bicyclic) bond motifs is 3. The largest absolute Gasteiger partial charge is 0.460 e. The van der Waals surface area contributed by atoms with Crippen LogP contribution in [0.5, 0.6) is 0 Å². The Morgan fingerprint density at radius 3 is 2.59 bits per heavy atom. The van der Waals surface area contributed by atoms with Gasteiger partial charge in [0, 0.05) is 12.1 Å². The number of rotatable bonds is 4. The molecular formula is C27H35NO4. The number of nitrogens with zero attached hydrogens (tertiary/aromatic N) is 1. The van der Waals surface area contributed by atoms with E-state index in [1.54, 1.807) is 12.1 Å². The van der Waals surface area contributed by atoms with Crippen molar-refractivity contribution < 1.29 is 14.5 Å². The van der Waals surface area contributed by atoms with E-state index in [0.717, 1.165) is 30.7 Å². The molecule has 5 nitrogen and oxygen atoms in total. The fourth-order valence-electron chi connectivity index (χ4n) is 8.63. The molecule has 5 heteroatoms. The molecule has 0 saturated heterocycles. The average molecular weight is 438 g/mol. The first-order valence-corrected chi connectivity index (χ1v) is 12.3. The molecule has 4 aliphatic rings. The molecule has 2 bridgehead atoms. The summed E-state index contributed by atoms with van der Waals surface area (Å²) in [5.41, 5.74) is 2.48. The number of hydrogen-bond donors (Lipinski definition) is 0. The highest BCUT2D eigenvalue weighted by molar-refractivity contribution is 5.77. The van der Waals surface area contributed by atoms with Crippen LogP contribution in [0.4, 0.5) is 5.69 Å². The van der Waals surface area contributed by atoms with Crippen molar-refractivity contribution in [2.75, 3.05) is 0 Å². The van der Waals surface area contributed by atoms with E-state index in [2.05, 4.69) is 20.4 Å². The maximum Gasteiger partial charge on any atom is 0.312 e. The van der Waals surface area contributed by atoms with Gasteiger partial charge in [-0.05, 0) is 105 Å². The van der Waals surface area contributed by atoms with Crippen LogP contribution in [0.2, 0.25) is 0 Å². The minimum Gasteiger partial charge on any atom is -0.460 e. The van der Waals surface area contributed by atoms with Gasteiger partial charge in [-0.25, -0.2) is 0 Å². The van der Waals surface area contributed by atoms with Gasteiger partial charge in [0.2, 0.25) is 0 Å². The predicted molar refractivity (Wildman–Crippen MR) is 123 cm³/mol. The van der Waals surface area contributed by atoms with E-state index < -0.39 is 10.3 Å². The third kappa shape index (κ3) is 3.14. The second-order valence-electron chi connectivity index (χ2n) is 11.6. The highest BCUT2D eigenvalue weighted by Crippen LogP contribution is 2.72. The number of hydrogen-bond acceptors (Lipinski definition) is 4. The topological polar surface area (TPSA) is 69.4 Å². The monoisotopic (exact) mass is 437 g/mol. The summed E-state index contributed by atoms with van der Waals surface area (Å²) in [7, 11) is 0. The van der Waals surface area contributed by atoms with E-state index in [-0.39, 0.29) is 23.7 Å². The van der Waals surface area contributed by atoms with Crippen molar-refractivity contribution in [1.29, 1.82) is 0 Å². The summed E-state index contributed by atoms with van der Waals surface area (Å²) in [4.78, 5) is 23.9. The summed E-state index contributed by atoms with van der Waals surface area (Å²) in [5.74, 6) is 1.68. The van der Waals surface area contributed by atoms with Crippen molar-refractivity contribution in [3.8, 4) is 0 Å². The van der Waals surface area contributed by atoms with E-state index >= 15 is 0 Å². The minimum absolute atomic E-state index is 0.0514. The third-order valence-electron chi connectivity index (χ3n) is 10.0. The van der Waals surface area contributed by atoms with Crippen molar-refractivity contribution in [3.63, 3.8) is 0 Å². The fourth-order valence-corrected chi connectivity index (χ4v) is 8.63. The number of esters is 1. The lowest BCUT2D eigenvalue weighted by Gasteiger charge is -2.63. The van der Waals surface area contributed by atoms with Crippen LogP contribution in [-0.4, -0.2) is 10.9 Å². The Morgan fingerprint density at radius 1 is 1.12 bits per heavy atom. The molecule has 6 atom stereocenters. The SMILES string of the molecule is C=C1C[C@@]23CC[C@H]4[C@@](C)(CCC[C@@]4(C)C(=O)OCc4ccc([N+](=O)[O-])cc4)[C@@H]2CC[C@@H]1C3. The molecule has 0 amide bonds. The Bertz CT molecular complexity index is 955. The molecule has 1 aromatic rings. The van der Waals surface area contributed by atoms with Gasteiger partial charge in [-0.15, -0.1) is 0 Å². The maximum atomic E-state index is 13.5. The summed E-state index contributed by atoms with van der Waals surface area (Å²) in [6.07, 6.45) is 10.6. The second kappa shape index (κ2) is 7.43. The van der Waals surface area contributed by atoms with Gasteiger partial charge in [-0.2, -0.15) is 0 Å². The molecule has 32 heavy (non-hydrogen) atoms. The van der Waals surface area contributed by atoms with Crippen molar-refractivity contribution in [1.82, 2.24) is 0 Å². The lowest BCUT2D eigenvalue weighted by atomic mass is 9.41. The smallest absolute Gasteiger partial charge is 0.312 e. The molecule has 0 heterocycles. The van der Waals surface area contributed by atoms with Gasteiger partial charge in [0.05, 0.1) is 10.3 Å². The molecule has 0 unspecified atom stereocenters. The molecule has 1 aromatic carbocycles. The summed E-state index contributed by atoms with van der Waals surface area (Å²) in [6, 6.07) is 6.28. The molecule has 172 valence electrons. The fraction of sp³-hybridized carbons (Fsp3) is 0.667. The third-order valence-corrected chi connectivity index (χ3v) is 10.0. The summed E-state index contributed by atoms with van der Waals surface area (Å²) in [5, 5.41) is 10.9. The van der Waals surface area contributed by atoms with Crippen LogP contribution >= 0.6 is 0 Å². The molecule has 4 saturated carbocycles. The van der Waals surface area contributed by atoms with Gasteiger partial charge in [-0.1, -0.05) is 25.5 Å². The maximum absolute atomic E-state index is 13.5. The lowest BCUT2D eigenvalue weighted by Crippen LogP contribution is -2.58. The molecule has 0 radical (unpaired) electrons. The number of nitro benzene ring substituents is 1. The van der Waals surface area contributed by atoms with Gasteiger partial charge in [0.15, 0.2) is 0 Å². The van der Waals surface area contributed by atoms with E-state index in [1.807, 2.05) is 0 Å². The van der Waals surface area contributed by atoms with Gasteiger partial charge in [0.25, 0.3) is 5.69 Å². The van der Waals surface area contributed by atoms with Crippen LogP contribution in [0.3, 0.4) is 0 Å². The van der Waals surface area contributed by atoms with Crippen LogP contribution in [-0.2, 0) is 16.1 Å². The van der Waals surface area contributed by atoms with Crippen LogP contribution in [0, 0.1) is 44.1 Å². The number of ether oxygens (including phenoxy) is 1. The van der Waals surface area contributed by atoms with Crippen LogP contribution in [0.1, 0.15) is 77.2 Å². The van der Waals surface area contributed by atoms with Crippen molar-refractivity contribution >= 4 is 11.7 Å². The highest BCUT2D eigenvalue weighted by atomic mass is 16.6. The Morgan fingerprint density at radius 2 is 1.88 bits per heavy atom. The molecular weight excluding hydrogens is 402 g/mol. The highest BCUT2D eigenvalue weighted by Gasteiger charge is 2.65. The Labute approximate surface area is 190 Å². The molecule has 0 aliphatic heterocycles. The zero-order valence-corrected chi connectivity index (χ0v) is 19.4. The molecule has 0 aromatic heterocycles. The van der Waals surface area contributed by atoms with Crippen molar-refractivity contribution in [3.05, 3.63) is 52.1 Å². The average Bonchev–Trinajstić information content (AvgIpc) is 2.99. The Balaban J connectivity index is 1.34. The summed E-state index contributed by atoms with van der Waals surface area (Å²) in [6.45, 7) is 9.22. The van der Waals surface area contributed by atoms with Crippen molar-refractivity contribution in [2.24, 2.45) is 34.0 Å². The van der Waals surface area contributed by atoms with Gasteiger partial charge in [0.1, 0.15) is 6.61 Å². The summed E-state index contributed by atoms with van der Waals surface area (Å²) < 4.78 is 5.85. The number of allylic oxidation sites excluding steroid dienone is 1. The molecule has 4 fully saturated rings. The van der Waals surface area contributed by atoms with E-state index in [0.29, 0.717) is 17.3 Å². The molecule has 1 spiro atoms. The first-order valence-electron chi connectivity index (χ1n) is 12.3. The lowest BCUT2D eigenvalue weighted by molar-refractivity contribution is -0.384. The molecule has 5 rings (SSSR count). The Hall–Kier alpha value is -2.17. The zero-order valence-electron chi connectivity index (χ0n) is 19.4. The zero-order chi connectivity index (χ0) is 22.7. The van der Waals surface area contributed by atoms with Crippen molar-refractivity contribution in [2.45, 2.75) is 78.2 Å². The number of non-ortho nitro benzene ring substituents is 1. The van der Waals surface area contributed by atoms with Crippen LogP contribution < -0.4 is 0 Å². The molecule has 0 N–H and O–H groups in total. The first-order chi connectivity index (χ1) is 15.2. The van der Waals surface area contributed by atoms with Gasteiger partial charge < -0.3 is 4.74 Å². The summed E-state index contributed by atoms with van der Waals surface area (Å²) >= 11 is 0. The number of carbonyl (C=O) groups excluding carboxylic acids is 1. The first kappa shape index (κ1) is 21.7. The van der Waals surface area contributed by atoms with Crippen LogP contribution in [0.25, 0.3) is 0 Å². The number of carbonyl (C=O) groups is 1. The minimum atomic E-state index is -0.456. The van der Waals surface area contributed by atoms with Gasteiger partial charge in [-0.3, -0.25) is 14.9 Å². The second-order valence-corrected chi connectivity index (χ2v) is 11.6.